The summed E-state index contributed by atoms with van der Waals surface area (Å²) < 4.78 is 13.4. The van der Waals surface area contributed by atoms with Gasteiger partial charge < -0.3 is 5.32 Å². The molecule has 0 bridgehead atoms. The van der Waals surface area contributed by atoms with Gasteiger partial charge in [0.1, 0.15) is 5.82 Å². The van der Waals surface area contributed by atoms with Crippen LogP contribution < -0.4 is 5.32 Å². The maximum Gasteiger partial charge on any atom is 0.146 e. The van der Waals surface area contributed by atoms with E-state index in [9.17, 15) is 4.39 Å². The second-order valence-corrected chi connectivity index (χ2v) is 5.80. The van der Waals surface area contributed by atoms with E-state index in [4.69, 9.17) is 0 Å². The van der Waals surface area contributed by atoms with Crippen LogP contribution in [0.15, 0.2) is 35.7 Å². The molecule has 19 heavy (non-hydrogen) atoms. The molecule has 2 nitrogen and oxygen atoms in total. The van der Waals surface area contributed by atoms with Crippen molar-refractivity contribution in [1.82, 2.24) is 4.90 Å². The molecule has 0 amide bonds. The van der Waals surface area contributed by atoms with Crippen molar-refractivity contribution in [2.24, 2.45) is 0 Å². The van der Waals surface area contributed by atoms with Crippen molar-refractivity contribution in [2.75, 3.05) is 25.0 Å². The maximum absolute atomic E-state index is 13.4. The molecule has 1 aliphatic heterocycles. The fraction of sp³-hybridized carbons (Fsp3) is 0.333. The quantitative estimate of drug-likeness (QED) is 0.921. The van der Waals surface area contributed by atoms with Crippen LogP contribution in [0, 0.1) is 5.82 Å². The summed E-state index contributed by atoms with van der Waals surface area (Å²) in [5.74, 6) is -0.179. The van der Waals surface area contributed by atoms with Gasteiger partial charge in [0.05, 0.1) is 5.69 Å². The lowest BCUT2D eigenvalue weighted by atomic mass is 10.1. The average Bonchev–Trinajstić information content (AvgIpc) is 2.88. The molecule has 3 rings (SSSR count). The Morgan fingerprint density at radius 1 is 1.26 bits per heavy atom. The molecule has 100 valence electrons. The van der Waals surface area contributed by atoms with Crippen LogP contribution in [-0.2, 0) is 13.0 Å². The molecule has 1 aromatic carbocycles. The lowest BCUT2D eigenvalue weighted by molar-refractivity contribution is 0.266. The third-order valence-corrected chi connectivity index (χ3v) is 4.53. The van der Waals surface area contributed by atoms with Gasteiger partial charge in [-0.3, -0.25) is 4.90 Å². The molecule has 0 aliphatic carbocycles. The van der Waals surface area contributed by atoms with Crippen LogP contribution in [0.4, 0.5) is 10.1 Å². The molecule has 1 aromatic heterocycles. The van der Waals surface area contributed by atoms with Gasteiger partial charge in [0, 0.05) is 31.1 Å². The summed E-state index contributed by atoms with van der Waals surface area (Å²) >= 11 is 1.86. The van der Waals surface area contributed by atoms with E-state index >= 15 is 0 Å². The van der Waals surface area contributed by atoms with Crippen LogP contribution in [0.2, 0.25) is 0 Å². The van der Waals surface area contributed by atoms with Crippen molar-refractivity contribution in [3.63, 3.8) is 0 Å². The molecule has 0 atom stereocenters. The number of para-hydroxylation sites is 1. The number of thiophene rings is 1. The first-order chi connectivity index (χ1) is 9.33. The standard InChI is InChI=1S/C15H17FN2S/c16-13-3-1-2-4-14(13)17-7-9-18-8-5-15-12(11-18)6-10-19-15/h1-4,6,10,17H,5,7-9,11H2. The van der Waals surface area contributed by atoms with E-state index in [1.165, 1.54) is 16.5 Å². The zero-order valence-electron chi connectivity index (χ0n) is 10.7. The van der Waals surface area contributed by atoms with Crippen LogP contribution in [0.5, 0.6) is 0 Å². The van der Waals surface area contributed by atoms with Gasteiger partial charge in [0.2, 0.25) is 0 Å². The van der Waals surface area contributed by atoms with Gasteiger partial charge in [-0.2, -0.15) is 0 Å². The highest BCUT2D eigenvalue weighted by molar-refractivity contribution is 7.10. The minimum atomic E-state index is -0.179. The fourth-order valence-electron chi connectivity index (χ4n) is 2.45. The molecule has 2 aromatic rings. The summed E-state index contributed by atoms with van der Waals surface area (Å²) in [6.45, 7) is 3.86. The molecule has 2 heterocycles. The molecule has 0 saturated heterocycles. The summed E-state index contributed by atoms with van der Waals surface area (Å²) in [6.07, 6.45) is 1.15. The number of hydrogen-bond donors (Lipinski definition) is 1. The first-order valence-electron chi connectivity index (χ1n) is 6.59. The van der Waals surface area contributed by atoms with Gasteiger partial charge >= 0.3 is 0 Å². The smallest absolute Gasteiger partial charge is 0.146 e. The van der Waals surface area contributed by atoms with Gasteiger partial charge in [0.15, 0.2) is 0 Å². The van der Waals surface area contributed by atoms with Crippen molar-refractivity contribution in [2.45, 2.75) is 13.0 Å². The lowest BCUT2D eigenvalue weighted by Gasteiger charge is -2.26. The van der Waals surface area contributed by atoms with E-state index in [1.54, 1.807) is 12.1 Å². The minimum absolute atomic E-state index is 0.179. The Kier molecular flexibility index (Phi) is 3.80. The van der Waals surface area contributed by atoms with Gasteiger partial charge in [-0.1, -0.05) is 12.1 Å². The number of nitrogens with zero attached hydrogens (tertiary/aromatic N) is 1. The second kappa shape index (κ2) is 5.72. The highest BCUT2D eigenvalue weighted by atomic mass is 32.1. The Morgan fingerprint density at radius 3 is 3.05 bits per heavy atom. The van der Waals surface area contributed by atoms with Crippen molar-refractivity contribution in [3.05, 3.63) is 52.0 Å². The van der Waals surface area contributed by atoms with E-state index in [-0.39, 0.29) is 5.82 Å². The molecule has 1 N–H and O–H groups in total. The highest BCUT2D eigenvalue weighted by Crippen LogP contribution is 2.23. The van der Waals surface area contributed by atoms with Crippen LogP contribution in [0.25, 0.3) is 0 Å². The largest absolute Gasteiger partial charge is 0.381 e. The first-order valence-corrected chi connectivity index (χ1v) is 7.47. The van der Waals surface area contributed by atoms with Gasteiger partial charge in [-0.15, -0.1) is 11.3 Å². The van der Waals surface area contributed by atoms with Crippen LogP contribution in [0.1, 0.15) is 10.4 Å². The molecule has 1 aliphatic rings. The van der Waals surface area contributed by atoms with Crippen molar-refractivity contribution >= 4 is 17.0 Å². The molecule has 0 saturated carbocycles. The zero-order chi connectivity index (χ0) is 13.1. The molecule has 0 unspecified atom stereocenters. The lowest BCUT2D eigenvalue weighted by Crippen LogP contribution is -2.33. The van der Waals surface area contributed by atoms with E-state index in [2.05, 4.69) is 21.7 Å². The van der Waals surface area contributed by atoms with E-state index < -0.39 is 0 Å². The number of benzene rings is 1. The van der Waals surface area contributed by atoms with Crippen molar-refractivity contribution in [1.29, 1.82) is 0 Å². The van der Waals surface area contributed by atoms with Gasteiger partial charge in [-0.25, -0.2) is 4.39 Å². The Bertz CT molecular complexity index is 553. The van der Waals surface area contributed by atoms with E-state index in [0.717, 1.165) is 32.6 Å². The normalized spacial score (nSPS) is 15.2. The molecular weight excluding hydrogens is 259 g/mol. The van der Waals surface area contributed by atoms with E-state index in [1.807, 2.05) is 17.4 Å². The number of anilines is 1. The predicted octanol–water partition coefficient (Wildman–Crippen LogP) is 3.36. The Labute approximate surface area is 116 Å². The topological polar surface area (TPSA) is 15.3 Å². The van der Waals surface area contributed by atoms with Crippen LogP contribution in [0.3, 0.4) is 0 Å². The third kappa shape index (κ3) is 2.96. The Hall–Kier alpha value is -1.39. The minimum Gasteiger partial charge on any atom is -0.381 e. The number of fused-ring (bicyclic) bond motifs is 1. The van der Waals surface area contributed by atoms with Gasteiger partial charge in [-0.05, 0) is 35.6 Å². The summed E-state index contributed by atoms with van der Waals surface area (Å²) in [4.78, 5) is 3.95. The van der Waals surface area contributed by atoms with Gasteiger partial charge in [0.25, 0.3) is 0 Å². The molecule has 4 heteroatoms. The maximum atomic E-state index is 13.4. The Morgan fingerprint density at radius 2 is 2.16 bits per heavy atom. The number of hydrogen-bond acceptors (Lipinski definition) is 3. The third-order valence-electron chi connectivity index (χ3n) is 3.50. The monoisotopic (exact) mass is 276 g/mol. The molecule has 0 fully saturated rings. The average molecular weight is 276 g/mol. The molecule has 0 spiro atoms. The van der Waals surface area contributed by atoms with Crippen molar-refractivity contribution < 1.29 is 4.39 Å². The number of rotatable bonds is 4. The summed E-state index contributed by atoms with van der Waals surface area (Å²) in [6, 6.07) is 9.05. The SMILES string of the molecule is Fc1ccccc1NCCN1CCc2sccc2C1. The van der Waals surface area contributed by atoms with Crippen LogP contribution >= 0.6 is 11.3 Å². The van der Waals surface area contributed by atoms with E-state index in [0.29, 0.717) is 5.69 Å². The number of nitrogens with one attached hydrogen (secondary N) is 1. The fourth-order valence-corrected chi connectivity index (χ4v) is 3.34. The second-order valence-electron chi connectivity index (χ2n) is 4.80. The van der Waals surface area contributed by atoms with Crippen molar-refractivity contribution in [3.8, 4) is 0 Å². The molecular formula is C15H17FN2S. The highest BCUT2D eigenvalue weighted by Gasteiger charge is 2.16. The Balaban J connectivity index is 1.50. The van der Waals surface area contributed by atoms with Crippen LogP contribution in [-0.4, -0.2) is 24.5 Å². The summed E-state index contributed by atoms with van der Waals surface area (Å²) in [5, 5.41) is 5.34. The summed E-state index contributed by atoms with van der Waals surface area (Å²) in [5.41, 5.74) is 2.05. The molecule has 0 radical (unpaired) electrons. The number of halogens is 1. The zero-order valence-corrected chi connectivity index (χ0v) is 11.5. The predicted molar refractivity (Wildman–Crippen MR) is 78.2 cm³/mol. The summed E-state index contributed by atoms with van der Waals surface area (Å²) in [7, 11) is 0. The first kappa shape index (κ1) is 12.6.